The van der Waals surface area contributed by atoms with Crippen LogP contribution in [0.15, 0.2) is 72.8 Å². The summed E-state index contributed by atoms with van der Waals surface area (Å²) in [6.07, 6.45) is 0. The van der Waals surface area contributed by atoms with Crippen LogP contribution in [0.3, 0.4) is 0 Å². The number of anilines is 1. The standard InChI is InChI=1S/C21H18N4O2/c1-15-7-5-6-10-20(15)27-14-21(26)22-16-11-12-18-19(13-16)24-25(23-18)17-8-3-2-4-9-17/h2-13H,14H2,1H3,(H,22,26). The first-order valence-corrected chi connectivity index (χ1v) is 8.60. The van der Waals surface area contributed by atoms with Gasteiger partial charge in [0.2, 0.25) is 0 Å². The number of aromatic nitrogens is 3. The second-order valence-corrected chi connectivity index (χ2v) is 6.13. The van der Waals surface area contributed by atoms with Crippen molar-refractivity contribution in [3.8, 4) is 11.4 Å². The van der Waals surface area contributed by atoms with Crippen LogP contribution in [-0.4, -0.2) is 27.5 Å². The lowest BCUT2D eigenvalue weighted by Gasteiger charge is -2.09. The Kier molecular flexibility index (Phi) is 4.53. The van der Waals surface area contributed by atoms with Crippen LogP contribution in [0.1, 0.15) is 5.56 Å². The van der Waals surface area contributed by atoms with Crippen molar-refractivity contribution in [2.45, 2.75) is 6.92 Å². The fourth-order valence-electron chi connectivity index (χ4n) is 2.73. The molecule has 0 aliphatic rings. The van der Waals surface area contributed by atoms with Gasteiger partial charge >= 0.3 is 0 Å². The summed E-state index contributed by atoms with van der Waals surface area (Å²) < 4.78 is 5.58. The van der Waals surface area contributed by atoms with Crippen molar-refractivity contribution in [3.63, 3.8) is 0 Å². The smallest absolute Gasteiger partial charge is 0.262 e. The lowest BCUT2D eigenvalue weighted by molar-refractivity contribution is -0.118. The van der Waals surface area contributed by atoms with Crippen LogP contribution in [0.4, 0.5) is 5.69 Å². The number of hydrogen-bond donors (Lipinski definition) is 1. The van der Waals surface area contributed by atoms with Crippen molar-refractivity contribution in [3.05, 3.63) is 78.4 Å². The number of ether oxygens (including phenoxy) is 1. The average Bonchev–Trinajstić information content (AvgIpc) is 3.11. The number of benzene rings is 3. The quantitative estimate of drug-likeness (QED) is 0.590. The molecule has 0 saturated carbocycles. The molecule has 4 aromatic rings. The first kappa shape index (κ1) is 16.8. The Labute approximate surface area is 156 Å². The Morgan fingerprint density at radius 2 is 1.70 bits per heavy atom. The maximum absolute atomic E-state index is 12.2. The first-order valence-electron chi connectivity index (χ1n) is 8.60. The van der Waals surface area contributed by atoms with Gasteiger partial charge in [0.1, 0.15) is 16.8 Å². The first-order chi connectivity index (χ1) is 13.2. The van der Waals surface area contributed by atoms with Crippen molar-refractivity contribution < 1.29 is 9.53 Å². The van der Waals surface area contributed by atoms with Crippen molar-refractivity contribution in [1.29, 1.82) is 0 Å². The van der Waals surface area contributed by atoms with Crippen LogP contribution in [0.25, 0.3) is 16.7 Å². The lowest BCUT2D eigenvalue weighted by Crippen LogP contribution is -2.20. The van der Waals surface area contributed by atoms with Crippen LogP contribution in [0.5, 0.6) is 5.75 Å². The molecule has 0 spiro atoms. The summed E-state index contributed by atoms with van der Waals surface area (Å²) in [6, 6.07) is 22.7. The molecule has 0 atom stereocenters. The average molecular weight is 358 g/mol. The minimum atomic E-state index is -0.229. The Morgan fingerprint density at radius 1 is 0.963 bits per heavy atom. The Bertz CT molecular complexity index is 1090. The number of para-hydroxylation sites is 2. The van der Waals surface area contributed by atoms with Crippen molar-refractivity contribution in [2.75, 3.05) is 11.9 Å². The normalized spacial score (nSPS) is 10.7. The SMILES string of the molecule is Cc1ccccc1OCC(=O)Nc1ccc2nn(-c3ccccc3)nc2c1. The zero-order valence-electron chi connectivity index (χ0n) is 14.8. The van der Waals surface area contributed by atoms with Gasteiger partial charge < -0.3 is 10.1 Å². The number of carbonyl (C=O) groups is 1. The van der Waals surface area contributed by atoms with Gasteiger partial charge in [-0.2, -0.15) is 4.80 Å². The van der Waals surface area contributed by atoms with Crippen LogP contribution >= 0.6 is 0 Å². The molecule has 0 radical (unpaired) electrons. The summed E-state index contributed by atoms with van der Waals surface area (Å²) >= 11 is 0. The molecule has 0 saturated heterocycles. The predicted octanol–water partition coefficient (Wildman–Crippen LogP) is 3.75. The number of amides is 1. The van der Waals surface area contributed by atoms with Crippen LogP contribution in [0.2, 0.25) is 0 Å². The summed E-state index contributed by atoms with van der Waals surface area (Å²) in [5.41, 5.74) is 3.99. The van der Waals surface area contributed by atoms with Crippen LogP contribution in [0, 0.1) is 6.92 Å². The van der Waals surface area contributed by atoms with Gasteiger partial charge in [0.15, 0.2) is 6.61 Å². The van der Waals surface area contributed by atoms with Crippen molar-refractivity contribution >= 4 is 22.6 Å². The van der Waals surface area contributed by atoms with Crippen LogP contribution < -0.4 is 10.1 Å². The highest BCUT2D eigenvalue weighted by atomic mass is 16.5. The number of hydrogen-bond acceptors (Lipinski definition) is 4. The largest absolute Gasteiger partial charge is 0.483 e. The zero-order valence-corrected chi connectivity index (χ0v) is 14.8. The Balaban J connectivity index is 1.46. The topological polar surface area (TPSA) is 69.0 Å². The fraction of sp³-hybridized carbons (Fsp3) is 0.0952. The summed E-state index contributed by atoms with van der Waals surface area (Å²) in [6.45, 7) is 1.89. The Hall–Kier alpha value is -3.67. The van der Waals surface area contributed by atoms with Gasteiger partial charge in [-0.25, -0.2) is 0 Å². The Morgan fingerprint density at radius 3 is 2.52 bits per heavy atom. The van der Waals surface area contributed by atoms with Gasteiger partial charge in [0.25, 0.3) is 5.91 Å². The number of carbonyl (C=O) groups excluding carboxylic acids is 1. The van der Waals surface area contributed by atoms with E-state index in [2.05, 4.69) is 15.5 Å². The van der Waals surface area contributed by atoms with Gasteiger partial charge in [-0.1, -0.05) is 36.4 Å². The van der Waals surface area contributed by atoms with E-state index in [1.54, 1.807) is 16.9 Å². The molecule has 4 rings (SSSR count). The van der Waals surface area contributed by atoms with E-state index in [-0.39, 0.29) is 12.5 Å². The van der Waals surface area contributed by atoms with E-state index in [1.807, 2.05) is 67.6 Å². The number of fused-ring (bicyclic) bond motifs is 1. The summed E-state index contributed by atoms with van der Waals surface area (Å²) in [7, 11) is 0. The molecule has 1 heterocycles. The molecule has 0 fully saturated rings. The number of nitrogens with one attached hydrogen (secondary N) is 1. The van der Waals surface area contributed by atoms with E-state index in [9.17, 15) is 4.79 Å². The highest BCUT2D eigenvalue weighted by Crippen LogP contribution is 2.18. The number of rotatable bonds is 5. The van der Waals surface area contributed by atoms with E-state index in [4.69, 9.17) is 4.74 Å². The zero-order chi connectivity index (χ0) is 18.6. The number of nitrogens with zero attached hydrogens (tertiary/aromatic N) is 3. The minimum absolute atomic E-state index is 0.0560. The molecule has 1 N–H and O–H groups in total. The van der Waals surface area contributed by atoms with Gasteiger partial charge in [-0.05, 0) is 48.9 Å². The molecule has 1 aromatic heterocycles. The maximum Gasteiger partial charge on any atom is 0.262 e. The molecule has 0 aliphatic carbocycles. The predicted molar refractivity (Wildman–Crippen MR) is 104 cm³/mol. The third-order valence-electron chi connectivity index (χ3n) is 4.10. The molecule has 1 amide bonds. The molecule has 134 valence electrons. The third kappa shape index (κ3) is 3.79. The highest BCUT2D eigenvalue weighted by Gasteiger charge is 2.09. The molecule has 27 heavy (non-hydrogen) atoms. The summed E-state index contributed by atoms with van der Waals surface area (Å²) in [5.74, 6) is 0.474. The molecule has 0 aliphatic heterocycles. The molecule has 3 aromatic carbocycles. The second kappa shape index (κ2) is 7.29. The van der Waals surface area contributed by atoms with E-state index in [0.717, 1.165) is 16.8 Å². The van der Waals surface area contributed by atoms with E-state index >= 15 is 0 Å². The molecule has 0 unspecified atom stereocenters. The van der Waals surface area contributed by atoms with Gasteiger partial charge in [0.05, 0.1) is 5.69 Å². The van der Waals surface area contributed by atoms with Gasteiger partial charge in [-0.15, -0.1) is 10.2 Å². The molecule has 6 heteroatoms. The number of aryl methyl sites for hydroxylation is 1. The fourth-order valence-corrected chi connectivity index (χ4v) is 2.73. The van der Waals surface area contributed by atoms with Crippen molar-refractivity contribution in [2.24, 2.45) is 0 Å². The summed E-state index contributed by atoms with van der Waals surface area (Å²) in [4.78, 5) is 13.8. The van der Waals surface area contributed by atoms with Crippen LogP contribution in [-0.2, 0) is 4.79 Å². The second-order valence-electron chi connectivity index (χ2n) is 6.13. The van der Waals surface area contributed by atoms with E-state index in [1.165, 1.54) is 0 Å². The third-order valence-corrected chi connectivity index (χ3v) is 4.10. The highest BCUT2D eigenvalue weighted by molar-refractivity contribution is 5.93. The minimum Gasteiger partial charge on any atom is -0.483 e. The lowest BCUT2D eigenvalue weighted by atomic mass is 10.2. The summed E-state index contributed by atoms with van der Waals surface area (Å²) in [5, 5.41) is 11.8. The molecule has 0 bridgehead atoms. The molecular formula is C21H18N4O2. The van der Waals surface area contributed by atoms with Crippen molar-refractivity contribution in [1.82, 2.24) is 15.0 Å². The maximum atomic E-state index is 12.2. The van der Waals surface area contributed by atoms with Gasteiger partial charge in [-0.3, -0.25) is 4.79 Å². The molecule has 6 nitrogen and oxygen atoms in total. The monoisotopic (exact) mass is 358 g/mol. The van der Waals surface area contributed by atoms with E-state index in [0.29, 0.717) is 17.0 Å². The molecular weight excluding hydrogens is 340 g/mol. The van der Waals surface area contributed by atoms with E-state index < -0.39 is 0 Å². The van der Waals surface area contributed by atoms with Gasteiger partial charge in [0, 0.05) is 5.69 Å².